The third kappa shape index (κ3) is 6.40. The van der Waals surface area contributed by atoms with Gasteiger partial charge in [0.25, 0.3) is 0 Å². The molecule has 0 aliphatic carbocycles. The summed E-state index contributed by atoms with van der Waals surface area (Å²) in [5, 5.41) is 3.34. The van der Waals surface area contributed by atoms with E-state index >= 15 is 0 Å². The van der Waals surface area contributed by atoms with Gasteiger partial charge in [-0.15, -0.1) is 0 Å². The summed E-state index contributed by atoms with van der Waals surface area (Å²) in [7, 11) is 0. The lowest BCUT2D eigenvalue weighted by Gasteiger charge is -2.13. The van der Waals surface area contributed by atoms with Crippen LogP contribution >= 0.6 is 0 Å². The van der Waals surface area contributed by atoms with E-state index in [1.54, 1.807) is 0 Å². The second-order valence-electron chi connectivity index (χ2n) is 4.43. The molecule has 0 amide bonds. The monoisotopic (exact) mass is 249 g/mol. The van der Waals surface area contributed by atoms with Crippen molar-refractivity contribution in [3.63, 3.8) is 0 Å². The second-order valence-corrected chi connectivity index (χ2v) is 4.43. The van der Waals surface area contributed by atoms with Crippen LogP contribution in [-0.4, -0.2) is 25.2 Å². The lowest BCUT2D eigenvalue weighted by molar-refractivity contribution is -0.142. The number of hydrogen-bond acceptors (Lipinski definition) is 3. The van der Waals surface area contributed by atoms with Gasteiger partial charge in [-0.25, -0.2) is 0 Å². The minimum Gasteiger partial charge on any atom is -0.466 e. The van der Waals surface area contributed by atoms with Crippen molar-refractivity contribution in [2.24, 2.45) is 0 Å². The number of aryl methyl sites for hydroxylation is 1. The van der Waals surface area contributed by atoms with E-state index in [0.29, 0.717) is 25.6 Å². The predicted octanol–water partition coefficient (Wildman–Crippen LogP) is 2.55. The van der Waals surface area contributed by atoms with Crippen LogP contribution < -0.4 is 5.32 Å². The number of carbonyl (C=O) groups excluding carboxylic acids is 1. The maximum Gasteiger partial charge on any atom is 0.307 e. The lowest BCUT2D eigenvalue weighted by Crippen LogP contribution is -2.29. The second kappa shape index (κ2) is 8.70. The molecule has 0 aliphatic rings. The normalized spacial score (nSPS) is 12.1. The van der Waals surface area contributed by atoms with Gasteiger partial charge in [-0.05, 0) is 32.3 Å². The van der Waals surface area contributed by atoms with Gasteiger partial charge in [-0.3, -0.25) is 4.79 Å². The highest BCUT2D eigenvalue weighted by Gasteiger charge is 2.04. The first-order valence-corrected chi connectivity index (χ1v) is 6.65. The third-order valence-corrected chi connectivity index (χ3v) is 2.84. The smallest absolute Gasteiger partial charge is 0.307 e. The Morgan fingerprint density at radius 1 is 1.33 bits per heavy atom. The zero-order valence-electron chi connectivity index (χ0n) is 11.3. The van der Waals surface area contributed by atoms with Gasteiger partial charge in [-0.2, -0.15) is 0 Å². The van der Waals surface area contributed by atoms with E-state index in [1.807, 2.05) is 13.0 Å². The van der Waals surface area contributed by atoms with Crippen molar-refractivity contribution in [1.29, 1.82) is 0 Å². The van der Waals surface area contributed by atoms with Crippen LogP contribution in [0.15, 0.2) is 30.3 Å². The molecule has 1 rings (SSSR count). The topological polar surface area (TPSA) is 38.3 Å². The number of hydrogen-bond donors (Lipinski definition) is 1. The quantitative estimate of drug-likeness (QED) is 0.720. The highest BCUT2D eigenvalue weighted by molar-refractivity contribution is 5.69. The summed E-state index contributed by atoms with van der Waals surface area (Å²) in [4.78, 5) is 11.1. The van der Waals surface area contributed by atoms with Crippen molar-refractivity contribution in [2.75, 3.05) is 13.2 Å². The van der Waals surface area contributed by atoms with Crippen LogP contribution in [0.2, 0.25) is 0 Å². The molecule has 0 fully saturated rings. The van der Waals surface area contributed by atoms with E-state index in [0.717, 1.165) is 12.8 Å². The highest BCUT2D eigenvalue weighted by Crippen LogP contribution is 2.04. The standard InChI is InChI=1S/C15H23NO2/c1-3-18-15(17)11-12-16-13(2)9-10-14-7-5-4-6-8-14/h4-8,13,16H,3,9-12H2,1-2H3/t13-/m1/s1. The summed E-state index contributed by atoms with van der Waals surface area (Å²) in [5.74, 6) is -0.125. The molecule has 0 aromatic heterocycles. The fraction of sp³-hybridized carbons (Fsp3) is 0.533. The van der Waals surface area contributed by atoms with Crippen molar-refractivity contribution in [3.05, 3.63) is 35.9 Å². The van der Waals surface area contributed by atoms with Gasteiger partial charge in [0.2, 0.25) is 0 Å². The van der Waals surface area contributed by atoms with Crippen molar-refractivity contribution in [3.8, 4) is 0 Å². The average Bonchev–Trinajstić information content (AvgIpc) is 2.38. The van der Waals surface area contributed by atoms with E-state index < -0.39 is 0 Å². The Balaban J connectivity index is 2.11. The number of ether oxygens (including phenoxy) is 1. The fourth-order valence-corrected chi connectivity index (χ4v) is 1.78. The first kappa shape index (κ1) is 14.7. The van der Waals surface area contributed by atoms with Crippen molar-refractivity contribution in [2.45, 2.75) is 39.2 Å². The van der Waals surface area contributed by atoms with Gasteiger partial charge in [-0.1, -0.05) is 30.3 Å². The molecule has 0 spiro atoms. The Morgan fingerprint density at radius 3 is 2.72 bits per heavy atom. The largest absolute Gasteiger partial charge is 0.466 e. The van der Waals surface area contributed by atoms with E-state index in [1.165, 1.54) is 5.56 Å². The van der Waals surface area contributed by atoms with Gasteiger partial charge in [0.1, 0.15) is 0 Å². The van der Waals surface area contributed by atoms with Crippen LogP contribution in [0.25, 0.3) is 0 Å². The van der Waals surface area contributed by atoms with Crippen molar-refractivity contribution < 1.29 is 9.53 Å². The minimum atomic E-state index is -0.125. The SMILES string of the molecule is CCOC(=O)CCN[C@H](C)CCc1ccccc1. The summed E-state index contributed by atoms with van der Waals surface area (Å²) in [6.07, 6.45) is 2.59. The van der Waals surface area contributed by atoms with Gasteiger partial charge in [0.15, 0.2) is 0 Å². The molecule has 1 N–H and O–H groups in total. The Kier molecular flexibility index (Phi) is 7.11. The first-order valence-electron chi connectivity index (χ1n) is 6.65. The molecule has 0 unspecified atom stereocenters. The Hall–Kier alpha value is -1.35. The summed E-state index contributed by atoms with van der Waals surface area (Å²) in [6.45, 7) is 5.12. The molecule has 0 aliphatic heterocycles. The molecular formula is C15H23NO2. The number of benzene rings is 1. The van der Waals surface area contributed by atoms with E-state index in [-0.39, 0.29) is 5.97 Å². The molecule has 3 heteroatoms. The van der Waals surface area contributed by atoms with Gasteiger partial charge >= 0.3 is 5.97 Å². The molecule has 0 heterocycles. The van der Waals surface area contributed by atoms with Crippen LogP contribution in [0.5, 0.6) is 0 Å². The predicted molar refractivity (Wildman–Crippen MR) is 73.5 cm³/mol. The maximum absolute atomic E-state index is 11.1. The molecule has 0 bridgehead atoms. The summed E-state index contributed by atoms with van der Waals surface area (Å²) < 4.78 is 4.87. The summed E-state index contributed by atoms with van der Waals surface area (Å²) in [6, 6.07) is 10.9. The molecular weight excluding hydrogens is 226 g/mol. The van der Waals surface area contributed by atoms with Crippen molar-refractivity contribution >= 4 is 5.97 Å². The van der Waals surface area contributed by atoms with Gasteiger partial charge < -0.3 is 10.1 Å². The van der Waals surface area contributed by atoms with E-state index in [4.69, 9.17) is 4.74 Å². The maximum atomic E-state index is 11.1. The Bertz CT molecular complexity index is 338. The highest BCUT2D eigenvalue weighted by atomic mass is 16.5. The van der Waals surface area contributed by atoms with Crippen LogP contribution in [0.3, 0.4) is 0 Å². The van der Waals surface area contributed by atoms with E-state index in [2.05, 4.69) is 36.5 Å². The van der Waals surface area contributed by atoms with Crippen LogP contribution in [0.4, 0.5) is 0 Å². The molecule has 1 aromatic rings. The zero-order valence-corrected chi connectivity index (χ0v) is 11.3. The molecule has 18 heavy (non-hydrogen) atoms. The molecule has 3 nitrogen and oxygen atoms in total. The van der Waals surface area contributed by atoms with Gasteiger partial charge in [0.05, 0.1) is 13.0 Å². The average molecular weight is 249 g/mol. The zero-order chi connectivity index (χ0) is 13.2. The van der Waals surface area contributed by atoms with Crippen molar-refractivity contribution in [1.82, 2.24) is 5.32 Å². The van der Waals surface area contributed by atoms with E-state index in [9.17, 15) is 4.79 Å². The Labute approximate surface area is 110 Å². The van der Waals surface area contributed by atoms with Crippen LogP contribution in [0, 0.1) is 0 Å². The molecule has 0 radical (unpaired) electrons. The Morgan fingerprint density at radius 2 is 2.06 bits per heavy atom. The number of rotatable bonds is 8. The molecule has 0 saturated heterocycles. The number of nitrogens with one attached hydrogen (secondary N) is 1. The summed E-state index contributed by atoms with van der Waals surface area (Å²) >= 11 is 0. The molecule has 100 valence electrons. The van der Waals surface area contributed by atoms with Gasteiger partial charge in [0, 0.05) is 12.6 Å². The lowest BCUT2D eigenvalue weighted by atomic mass is 10.1. The first-order chi connectivity index (χ1) is 8.72. The molecule has 1 atom stereocenters. The third-order valence-electron chi connectivity index (χ3n) is 2.84. The van der Waals surface area contributed by atoms with Crippen LogP contribution in [0.1, 0.15) is 32.3 Å². The molecule has 0 saturated carbocycles. The fourth-order valence-electron chi connectivity index (χ4n) is 1.78. The minimum absolute atomic E-state index is 0.125. The number of carbonyl (C=O) groups is 1. The molecule has 1 aromatic carbocycles. The summed E-state index contributed by atoms with van der Waals surface area (Å²) in [5.41, 5.74) is 1.36. The van der Waals surface area contributed by atoms with Crippen LogP contribution in [-0.2, 0) is 16.0 Å². The number of esters is 1.